The third-order valence-corrected chi connectivity index (χ3v) is 5.22. The number of thiazole rings is 1. The number of alkyl halides is 3. The van der Waals surface area contributed by atoms with Crippen molar-refractivity contribution in [1.29, 1.82) is 0 Å². The van der Waals surface area contributed by atoms with E-state index in [2.05, 4.69) is 9.97 Å². The lowest BCUT2D eigenvalue weighted by Crippen LogP contribution is -2.35. The highest BCUT2D eigenvalue weighted by molar-refractivity contribution is 7.13. The van der Waals surface area contributed by atoms with Crippen molar-refractivity contribution in [3.05, 3.63) is 89.1 Å². The van der Waals surface area contributed by atoms with Crippen molar-refractivity contribution < 1.29 is 23.1 Å². The number of carbonyl (C=O) groups excluding carboxylic acids is 1. The molecular formula is C21H14F3N3O2S. The van der Waals surface area contributed by atoms with E-state index in [1.54, 1.807) is 35.7 Å². The first kappa shape index (κ1) is 20.0. The van der Waals surface area contributed by atoms with Crippen LogP contribution in [0.3, 0.4) is 0 Å². The van der Waals surface area contributed by atoms with Gasteiger partial charge in [-0.15, -0.1) is 11.3 Å². The third kappa shape index (κ3) is 3.77. The average Bonchev–Trinajstić information content (AvgIpc) is 3.27. The van der Waals surface area contributed by atoms with Crippen molar-refractivity contribution in [2.45, 2.75) is 12.4 Å². The van der Waals surface area contributed by atoms with Gasteiger partial charge < -0.3 is 5.11 Å². The summed E-state index contributed by atoms with van der Waals surface area (Å²) in [5, 5.41) is 12.9. The van der Waals surface area contributed by atoms with Gasteiger partial charge in [0.05, 0.1) is 16.6 Å². The van der Waals surface area contributed by atoms with E-state index >= 15 is 0 Å². The summed E-state index contributed by atoms with van der Waals surface area (Å²) in [7, 11) is 0. The zero-order valence-corrected chi connectivity index (χ0v) is 16.1. The van der Waals surface area contributed by atoms with Gasteiger partial charge in [0, 0.05) is 28.7 Å². The van der Waals surface area contributed by atoms with E-state index in [1.807, 2.05) is 0 Å². The van der Waals surface area contributed by atoms with E-state index in [0.29, 0.717) is 5.56 Å². The number of para-hydroxylation sites is 1. The Morgan fingerprint density at radius 2 is 1.83 bits per heavy atom. The van der Waals surface area contributed by atoms with E-state index in [0.717, 1.165) is 28.5 Å². The number of halogens is 3. The van der Waals surface area contributed by atoms with Gasteiger partial charge in [-0.1, -0.05) is 42.5 Å². The van der Waals surface area contributed by atoms with Crippen LogP contribution in [0.15, 0.2) is 72.4 Å². The Morgan fingerprint density at radius 1 is 1.07 bits per heavy atom. The maximum absolute atomic E-state index is 13.3. The lowest BCUT2D eigenvalue weighted by Gasteiger charge is -2.26. The van der Waals surface area contributed by atoms with Crippen LogP contribution >= 0.6 is 11.3 Å². The Kier molecular flexibility index (Phi) is 5.23. The molecular weight excluding hydrogens is 415 g/mol. The van der Waals surface area contributed by atoms with Gasteiger partial charge in [-0.2, -0.15) is 13.2 Å². The SMILES string of the molecule is O=C(c1cnc2c(C(F)(F)F)cccc2c1)N(c1nccs1)C(O)c1ccccc1. The maximum Gasteiger partial charge on any atom is 0.418 e. The fourth-order valence-electron chi connectivity index (χ4n) is 3.06. The number of hydrogen-bond donors (Lipinski definition) is 1. The van der Waals surface area contributed by atoms with Gasteiger partial charge in [0.25, 0.3) is 5.91 Å². The van der Waals surface area contributed by atoms with Gasteiger partial charge in [0.1, 0.15) is 0 Å². The van der Waals surface area contributed by atoms with Crippen molar-refractivity contribution in [2.75, 3.05) is 4.90 Å². The van der Waals surface area contributed by atoms with Gasteiger partial charge in [0.15, 0.2) is 11.4 Å². The Balaban J connectivity index is 1.78. The normalized spacial score (nSPS) is 12.7. The molecule has 5 nitrogen and oxygen atoms in total. The zero-order chi connectivity index (χ0) is 21.3. The number of pyridine rings is 1. The number of fused-ring (bicyclic) bond motifs is 1. The second-order valence-electron chi connectivity index (χ2n) is 6.37. The summed E-state index contributed by atoms with van der Waals surface area (Å²) in [6.45, 7) is 0. The number of aliphatic hydroxyl groups excluding tert-OH is 1. The van der Waals surface area contributed by atoms with Gasteiger partial charge in [0.2, 0.25) is 0 Å². The highest BCUT2D eigenvalue weighted by Crippen LogP contribution is 2.34. The van der Waals surface area contributed by atoms with E-state index < -0.39 is 23.9 Å². The molecule has 9 heteroatoms. The van der Waals surface area contributed by atoms with Crippen LogP contribution in [0.5, 0.6) is 0 Å². The van der Waals surface area contributed by atoms with Crippen LogP contribution in [-0.2, 0) is 6.18 Å². The molecule has 0 spiro atoms. The van der Waals surface area contributed by atoms with Crippen LogP contribution in [0.25, 0.3) is 10.9 Å². The molecule has 4 rings (SSSR count). The topological polar surface area (TPSA) is 66.3 Å². The maximum atomic E-state index is 13.3. The van der Waals surface area contributed by atoms with Crippen LogP contribution < -0.4 is 4.90 Å². The minimum absolute atomic E-state index is 0.0343. The number of hydrogen-bond acceptors (Lipinski definition) is 5. The van der Waals surface area contributed by atoms with Crippen molar-refractivity contribution in [3.63, 3.8) is 0 Å². The molecule has 0 aliphatic carbocycles. The summed E-state index contributed by atoms with van der Waals surface area (Å²) in [6.07, 6.45) is -3.32. The Morgan fingerprint density at radius 3 is 2.50 bits per heavy atom. The van der Waals surface area contributed by atoms with Crippen LogP contribution in [0, 0.1) is 0 Å². The Hall–Kier alpha value is -3.30. The first-order valence-corrected chi connectivity index (χ1v) is 9.66. The van der Waals surface area contributed by atoms with E-state index in [9.17, 15) is 23.1 Å². The minimum Gasteiger partial charge on any atom is -0.369 e. The summed E-state index contributed by atoms with van der Waals surface area (Å²) < 4.78 is 39.7. The molecule has 0 aliphatic rings. The van der Waals surface area contributed by atoms with Crippen molar-refractivity contribution >= 4 is 33.3 Å². The lowest BCUT2D eigenvalue weighted by atomic mass is 10.1. The Bertz CT molecular complexity index is 1180. The molecule has 4 aromatic rings. The number of nitrogens with zero attached hydrogens (tertiary/aromatic N) is 3. The fourth-order valence-corrected chi connectivity index (χ4v) is 3.72. The number of amides is 1. The lowest BCUT2D eigenvalue weighted by molar-refractivity contribution is -0.136. The summed E-state index contributed by atoms with van der Waals surface area (Å²) in [4.78, 5) is 22.4. The van der Waals surface area contributed by atoms with Crippen LogP contribution in [0.4, 0.5) is 18.3 Å². The quantitative estimate of drug-likeness (QED) is 0.461. The number of aliphatic hydroxyl groups is 1. The Labute approximate surface area is 173 Å². The van der Waals surface area contributed by atoms with Crippen molar-refractivity contribution in [2.24, 2.45) is 0 Å². The standard InChI is InChI=1S/C21H14F3N3O2S/c22-21(23,24)16-8-4-7-14-11-15(12-26-17(14)16)19(29)27(20-25-9-10-30-20)18(28)13-5-2-1-3-6-13/h1-12,18,28H. The predicted molar refractivity (Wildman–Crippen MR) is 107 cm³/mol. The molecule has 1 N–H and O–H groups in total. The van der Waals surface area contributed by atoms with Gasteiger partial charge >= 0.3 is 6.18 Å². The first-order chi connectivity index (χ1) is 14.4. The zero-order valence-electron chi connectivity index (χ0n) is 15.2. The number of carbonyl (C=O) groups is 1. The van der Waals surface area contributed by atoms with Crippen LogP contribution in [0.1, 0.15) is 27.7 Å². The van der Waals surface area contributed by atoms with Gasteiger partial charge in [-0.05, 0) is 12.1 Å². The molecule has 1 unspecified atom stereocenters. The fraction of sp³-hybridized carbons (Fsp3) is 0.0952. The molecule has 1 atom stereocenters. The molecule has 0 saturated heterocycles. The molecule has 1 amide bonds. The van der Waals surface area contributed by atoms with E-state index in [1.165, 1.54) is 24.4 Å². The third-order valence-electron chi connectivity index (χ3n) is 4.45. The average molecular weight is 429 g/mol. The minimum atomic E-state index is -4.56. The van der Waals surface area contributed by atoms with Crippen molar-refractivity contribution in [3.8, 4) is 0 Å². The second kappa shape index (κ2) is 7.85. The number of aromatic nitrogens is 2. The summed E-state index contributed by atoms with van der Waals surface area (Å²) in [5.41, 5.74) is -0.618. The molecule has 0 radical (unpaired) electrons. The highest BCUT2D eigenvalue weighted by Gasteiger charge is 2.34. The van der Waals surface area contributed by atoms with Gasteiger partial charge in [-0.3, -0.25) is 14.7 Å². The number of anilines is 1. The molecule has 152 valence electrons. The molecule has 0 fully saturated rings. The summed E-state index contributed by atoms with van der Waals surface area (Å²) in [6, 6.07) is 13.5. The van der Waals surface area contributed by atoms with E-state index in [4.69, 9.17) is 0 Å². The molecule has 2 aromatic carbocycles. The highest BCUT2D eigenvalue weighted by atomic mass is 32.1. The molecule has 2 heterocycles. The smallest absolute Gasteiger partial charge is 0.369 e. The molecule has 30 heavy (non-hydrogen) atoms. The molecule has 0 bridgehead atoms. The summed E-state index contributed by atoms with van der Waals surface area (Å²) in [5.74, 6) is -0.631. The first-order valence-electron chi connectivity index (χ1n) is 8.78. The second-order valence-corrected chi connectivity index (χ2v) is 7.25. The van der Waals surface area contributed by atoms with E-state index in [-0.39, 0.29) is 21.6 Å². The number of rotatable bonds is 4. The van der Waals surface area contributed by atoms with Crippen molar-refractivity contribution in [1.82, 2.24) is 9.97 Å². The molecule has 0 aliphatic heterocycles. The van der Waals surface area contributed by atoms with Crippen LogP contribution in [-0.4, -0.2) is 21.0 Å². The largest absolute Gasteiger partial charge is 0.418 e. The monoisotopic (exact) mass is 429 g/mol. The molecule has 2 aromatic heterocycles. The predicted octanol–water partition coefficient (Wildman–Crippen LogP) is 5.05. The van der Waals surface area contributed by atoms with Gasteiger partial charge in [-0.25, -0.2) is 4.98 Å². The summed E-state index contributed by atoms with van der Waals surface area (Å²) >= 11 is 1.15. The van der Waals surface area contributed by atoms with Crippen LogP contribution in [0.2, 0.25) is 0 Å². The number of benzene rings is 2. The molecule has 0 saturated carbocycles.